The molecule has 0 aliphatic heterocycles. The van der Waals surface area contributed by atoms with Crippen LogP contribution in [0.1, 0.15) is 11.1 Å². The number of benzene rings is 4. The minimum atomic E-state index is -0.296. The van der Waals surface area contributed by atoms with Crippen LogP contribution in [0.3, 0.4) is 0 Å². The fourth-order valence-electron chi connectivity index (χ4n) is 3.82. The Morgan fingerprint density at radius 2 is 1.72 bits per heavy atom. The third-order valence-electron chi connectivity index (χ3n) is 5.62. The van der Waals surface area contributed by atoms with Gasteiger partial charge in [0.25, 0.3) is 5.91 Å². The molecule has 7 nitrogen and oxygen atoms in total. The molecule has 1 aromatic heterocycles. The van der Waals surface area contributed by atoms with Gasteiger partial charge in [0.05, 0.1) is 12.0 Å². The fourth-order valence-corrected chi connectivity index (χ4v) is 4.56. The topological polar surface area (TPSA) is 92.4 Å². The molecule has 0 fully saturated rings. The normalized spacial score (nSPS) is 11.2. The molecule has 5 aromatic rings. The number of thioether (sulfide) groups is 1. The number of aryl methyl sites for hydroxylation is 1. The van der Waals surface area contributed by atoms with Gasteiger partial charge in [0.15, 0.2) is 11.0 Å². The maximum atomic E-state index is 12.6. The number of nitrogens with zero attached hydrogens (tertiary/aromatic N) is 4. The van der Waals surface area contributed by atoms with Crippen LogP contribution in [0.25, 0.3) is 27.8 Å². The maximum absolute atomic E-state index is 12.6. The number of carbonyl (C=O) groups is 1. The van der Waals surface area contributed by atoms with Crippen LogP contribution in [0, 0.1) is 6.92 Å². The first-order valence-corrected chi connectivity index (χ1v) is 12.3. The standard InChI is InChI=1S/C28H23N5O2S/c1-19-11-14-22(15-12-19)33-27(21-8-3-2-4-9-21)31-32-28(33)36-18-26(35)30-29-17-24-23-10-6-5-7-20(23)13-16-25(24)34/h2-17,34H,18H2,1H3,(H,30,35)/b29-17+. The predicted molar refractivity (Wildman–Crippen MR) is 144 cm³/mol. The number of fused-ring (bicyclic) bond motifs is 1. The SMILES string of the molecule is Cc1ccc(-n2c(SCC(=O)N/N=C/c3c(O)ccc4ccccc34)nnc2-c2ccccc2)cc1. The Morgan fingerprint density at radius 1 is 0.972 bits per heavy atom. The summed E-state index contributed by atoms with van der Waals surface area (Å²) >= 11 is 1.28. The van der Waals surface area contributed by atoms with Crippen molar-refractivity contribution < 1.29 is 9.90 Å². The van der Waals surface area contributed by atoms with Gasteiger partial charge in [-0.25, -0.2) is 5.43 Å². The van der Waals surface area contributed by atoms with Gasteiger partial charge in [-0.05, 0) is 35.9 Å². The Morgan fingerprint density at radius 3 is 2.53 bits per heavy atom. The lowest BCUT2D eigenvalue weighted by molar-refractivity contribution is -0.118. The van der Waals surface area contributed by atoms with Gasteiger partial charge >= 0.3 is 0 Å². The number of aromatic nitrogens is 3. The van der Waals surface area contributed by atoms with E-state index in [4.69, 9.17) is 0 Å². The molecule has 0 atom stereocenters. The number of nitrogens with one attached hydrogen (secondary N) is 1. The summed E-state index contributed by atoms with van der Waals surface area (Å²) in [5, 5.41) is 25.5. The minimum Gasteiger partial charge on any atom is -0.507 e. The van der Waals surface area contributed by atoms with Gasteiger partial charge in [-0.1, -0.05) is 90.1 Å². The van der Waals surface area contributed by atoms with Crippen molar-refractivity contribution >= 4 is 34.7 Å². The summed E-state index contributed by atoms with van der Waals surface area (Å²) in [6, 6.07) is 29.0. The average Bonchev–Trinajstić information content (AvgIpc) is 3.33. The van der Waals surface area contributed by atoms with Crippen LogP contribution in [0.5, 0.6) is 5.75 Å². The number of aromatic hydroxyl groups is 1. The van der Waals surface area contributed by atoms with E-state index in [0.717, 1.165) is 27.6 Å². The smallest absolute Gasteiger partial charge is 0.250 e. The van der Waals surface area contributed by atoms with Crippen LogP contribution in [0.4, 0.5) is 0 Å². The van der Waals surface area contributed by atoms with Crippen LogP contribution < -0.4 is 5.43 Å². The minimum absolute atomic E-state index is 0.0949. The van der Waals surface area contributed by atoms with Crippen molar-refractivity contribution in [2.75, 3.05) is 5.75 Å². The van der Waals surface area contributed by atoms with E-state index in [2.05, 4.69) is 20.7 Å². The van der Waals surface area contributed by atoms with Gasteiger partial charge in [-0.2, -0.15) is 5.10 Å². The molecule has 0 radical (unpaired) electrons. The molecule has 0 spiro atoms. The van der Waals surface area contributed by atoms with E-state index in [-0.39, 0.29) is 17.4 Å². The number of carbonyl (C=O) groups excluding carboxylic acids is 1. The second-order valence-electron chi connectivity index (χ2n) is 8.14. The first-order valence-electron chi connectivity index (χ1n) is 11.3. The Balaban J connectivity index is 1.33. The number of phenolic OH excluding ortho intramolecular Hbond substituents is 1. The number of hydrazone groups is 1. The van der Waals surface area contributed by atoms with Gasteiger partial charge < -0.3 is 5.11 Å². The lowest BCUT2D eigenvalue weighted by Gasteiger charge is -2.10. The largest absolute Gasteiger partial charge is 0.507 e. The van der Waals surface area contributed by atoms with E-state index in [1.165, 1.54) is 18.0 Å². The van der Waals surface area contributed by atoms with Crippen molar-refractivity contribution in [1.29, 1.82) is 0 Å². The highest BCUT2D eigenvalue weighted by atomic mass is 32.2. The van der Waals surface area contributed by atoms with Gasteiger partial charge in [0.1, 0.15) is 5.75 Å². The molecule has 0 saturated heterocycles. The zero-order valence-corrected chi connectivity index (χ0v) is 20.3. The van der Waals surface area contributed by atoms with E-state index in [9.17, 15) is 9.90 Å². The molecule has 5 rings (SSSR count). The van der Waals surface area contributed by atoms with Gasteiger partial charge in [0, 0.05) is 16.8 Å². The van der Waals surface area contributed by atoms with Crippen molar-refractivity contribution in [1.82, 2.24) is 20.2 Å². The van der Waals surface area contributed by atoms with E-state index >= 15 is 0 Å². The molecule has 0 saturated carbocycles. The molecule has 1 amide bonds. The highest BCUT2D eigenvalue weighted by Gasteiger charge is 2.17. The molecule has 0 aliphatic rings. The zero-order valence-electron chi connectivity index (χ0n) is 19.5. The molecule has 0 unspecified atom stereocenters. The number of hydrogen-bond acceptors (Lipinski definition) is 6. The summed E-state index contributed by atoms with van der Waals surface area (Å²) in [7, 11) is 0. The summed E-state index contributed by atoms with van der Waals surface area (Å²) < 4.78 is 1.95. The quantitative estimate of drug-likeness (QED) is 0.181. The zero-order chi connectivity index (χ0) is 24.9. The van der Waals surface area contributed by atoms with Crippen LogP contribution in [-0.2, 0) is 4.79 Å². The van der Waals surface area contributed by atoms with Crippen molar-refractivity contribution in [2.24, 2.45) is 5.10 Å². The van der Waals surface area contributed by atoms with Crippen molar-refractivity contribution in [3.63, 3.8) is 0 Å². The highest BCUT2D eigenvalue weighted by molar-refractivity contribution is 7.99. The van der Waals surface area contributed by atoms with Gasteiger partial charge in [-0.15, -0.1) is 10.2 Å². The van der Waals surface area contributed by atoms with Crippen molar-refractivity contribution in [3.05, 3.63) is 102 Å². The first-order chi connectivity index (χ1) is 17.6. The summed E-state index contributed by atoms with van der Waals surface area (Å²) in [6.45, 7) is 2.03. The van der Waals surface area contributed by atoms with Crippen LogP contribution in [0.2, 0.25) is 0 Å². The van der Waals surface area contributed by atoms with E-state index in [1.807, 2.05) is 96.4 Å². The molecule has 2 N–H and O–H groups in total. The van der Waals surface area contributed by atoms with Crippen molar-refractivity contribution in [3.8, 4) is 22.8 Å². The Kier molecular flexibility index (Phi) is 6.77. The molecule has 36 heavy (non-hydrogen) atoms. The first kappa shape index (κ1) is 23.3. The lowest BCUT2D eigenvalue weighted by atomic mass is 10.0. The maximum Gasteiger partial charge on any atom is 0.250 e. The second kappa shape index (κ2) is 10.5. The Hall–Kier alpha value is -4.43. The molecule has 178 valence electrons. The van der Waals surface area contributed by atoms with E-state index in [1.54, 1.807) is 6.07 Å². The predicted octanol–water partition coefficient (Wildman–Crippen LogP) is 5.34. The van der Waals surface area contributed by atoms with E-state index in [0.29, 0.717) is 16.5 Å². The third-order valence-corrected chi connectivity index (χ3v) is 6.55. The summed E-state index contributed by atoms with van der Waals surface area (Å²) in [4.78, 5) is 12.6. The Bertz CT molecular complexity index is 1550. The van der Waals surface area contributed by atoms with Crippen LogP contribution in [0.15, 0.2) is 101 Å². The second-order valence-corrected chi connectivity index (χ2v) is 9.09. The fraction of sp³-hybridized carbons (Fsp3) is 0.0714. The van der Waals surface area contributed by atoms with Crippen molar-refractivity contribution in [2.45, 2.75) is 12.1 Å². The molecule has 1 heterocycles. The lowest BCUT2D eigenvalue weighted by Crippen LogP contribution is -2.20. The summed E-state index contributed by atoms with van der Waals surface area (Å²) in [5.41, 5.74) is 6.08. The number of amides is 1. The number of phenols is 1. The average molecular weight is 494 g/mol. The highest BCUT2D eigenvalue weighted by Crippen LogP contribution is 2.28. The summed E-state index contributed by atoms with van der Waals surface area (Å²) in [6.07, 6.45) is 1.46. The number of rotatable bonds is 7. The van der Waals surface area contributed by atoms with Gasteiger partial charge in [0.2, 0.25) is 0 Å². The molecule has 0 aliphatic carbocycles. The molecular formula is C28H23N5O2S. The monoisotopic (exact) mass is 493 g/mol. The molecular weight excluding hydrogens is 470 g/mol. The van der Waals surface area contributed by atoms with Crippen LogP contribution in [-0.4, -0.2) is 37.7 Å². The van der Waals surface area contributed by atoms with E-state index < -0.39 is 0 Å². The third kappa shape index (κ3) is 4.99. The molecule has 0 bridgehead atoms. The summed E-state index contributed by atoms with van der Waals surface area (Å²) in [5.74, 6) is 0.598. The number of hydrogen-bond donors (Lipinski definition) is 2. The molecule has 8 heteroatoms. The van der Waals surface area contributed by atoms with Crippen LogP contribution >= 0.6 is 11.8 Å². The van der Waals surface area contributed by atoms with Gasteiger partial charge in [-0.3, -0.25) is 9.36 Å². The Labute approximate surface area is 212 Å². The molecule has 4 aromatic carbocycles.